The number of hydrogen-bond donors (Lipinski definition) is 0. The van der Waals surface area contributed by atoms with Crippen LogP contribution in [0.25, 0.3) is 0 Å². The number of ketones is 1. The number of ether oxygens (including phenoxy) is 4. The van der Waals surface area contributed by atoms with Crippen LogP contribution in [-0.4, -0.2) is 55.1 Å². The average Bonchev–Trinajstić information content (AvgIpc) is 2.92. The van der Waals surface area contributed by atoms with Crippen molar-refractivity contribution in [3.05, 3.63) is 23.3 Å². The number of hydrogen-bond acceptors (Lipinski definition) is 9. The first-order valence-corrected chi connectivity index (χ1v) is 15.4. The van der Waals surface area contributed by atoms with Crippen LogP contribution in [0.1, 0.15) is 106 Å². The van der Waals surface area contributed by atoms with Gasteiger partial charge < -0.3 is 18.9 Å². The molecule has 2 aliphatic rings. The van der Waals surface area contributed by atoms with Crippen LogP contribution in [0.2, 0.25) is 0 Å². The number of fused-ring (bicyclic) bond motifs is 1. The highest BCUT2D eigenvalue weighted by atomic mass is 16.6. The van der Waals surface area contributed by atoms with Crippen molar-refractivity contribution in [1.82, 2.24) is 0 Å². The minimum absolute atomic E-state index is 0.156. The topological polar surface area (TPSA) is 122 Å². The lowest BCUT2D eigenvalue weighted by atomic mass is 9.54. The van der Waals surface area contributed by atoms with Gasteiger partial charge in [0.05, 0.1) is 18.4 Å². The molecular formula is C33H50O9. The largest absolute Gasteiger partial charge is 0.469 e. The van der Waals surface area contributed by atoms with Crippen molar-refractivity contribution in [3.8, 4) is 0 Å². The van der Waals surface area contributed by atoms with Gasteiger partial charge in [0.15, 0.2) is 5.78 Å². The summed E-state index contributed by atoms with van der Waals surface area (Å²) >= 11 is 0. The van der Waals surface area contributed by atoms with E-state index in [0.717, 1.165) is 18.4 Å². The van der Waals surface area contributed by atoms with Gasteiger partial charge >= 0.3 is 23.9 Å². The van der Waals surface area contributed by atoms with Gasteiger partial charge in [-0.25, -0.2) is 0 Å². The van der Waals surface area contributed by atoms with Crippen molar-refractivity contribution in [2.45, 2.75) is 125 Å². The molecule has 0 spiro atoms. The molecule has 1 saturated carbocycles. The molecule has 0 bridgehead atoms. The van der Waals surface area contributed by atoms with Crippen LogP contribution < -0.4 is 0 Å². The quantitative estimate of drug-likeness (QED) is 0.166. The Hall–Kier alpha value is -2.97. The molecule has 7 atom stereocenters. The average molecular weight is 591 g/mol. The lowest BCUT2D eigenvalue weighted by Gasteiger charge is -2.54. The van der Waals surface area contributed by atoms with Crippen LogP contribution in [0.3, 0.4) is 0 Å². The van der Waals surface area contributed by atoms with Crippen molar-refractivity contribution in [3.63, 3.8) is 0 Å². The smallest absolute Gasteiger partial charge is 0.312 e. The van der Waals surface area contributed by atoms with Crippen LogP contribution >= 0.6 is 0 Å². The normalized spacial score (nSPS) is 31.2. The maximum absolute atomic E-state index is 14.7. The molecule has 2 aliphatic carbocycles. The first-order chi connectivity index (χ1) is 19.8. The molecule has 9 nitrogen and oxygen atoms in total. The second-order valence-electron chi connectivity index (χ2n) is 12.0. The highest BCUT2D eigenvalue weighted by Crippen LogP contribution is 2.53. The predicted octanol–water partition coefficient (Wildman–Crippen LogP) is 5.83. The summed E-state index contributed by atoms with van der Waals surface area (Å²) in [4.78, 5) is 65.6. The van der Waals surface area contributed by atoms with Gasteiger partial charge in [0, 0.05) is 43.6 Å². The number of carbonyl (C=O) groups excluding carboxylic acids is 5. The molecule has 9 heteroatoms. The van der Waals surface area contributed by atoms with Crippen LogP contribution in [0, 0.1) is 23.2 Å². The lowest BCUT2D eigenvalue weighted by molar-refractivity contribution is -0.210. The highest BCUT2D eigenvalue weighted by molar-refractivity contribution is 6.03. The van der Waals surface area contributed by atoms with E-state index in [1.807, 2.05) is 40.7 Å². The molecule has 0 saturated heterocycles. The Morgan fingerprint density at radius 2 is 1.64 bits per heavy atom. The number of carbonyl (C=O) groups is 5. The molecule has 42 heavy (non-hydrogen) atoms. The summed E-state index contributed by atoms with van der Waals surface area (Å²) in [7, 11) is 1.27. The summed E-state index contributed by atoms with van der Waals surface area (Å²) in [6, 6.07) is 0. The summed E-state index contributed by atoms with van der Waals surface area (Å²) in [5, 5.41) is 0. The SMILES string of the molecule is CCCCCC(=O)O[C@@H]1C[C@H](OC(C)=O)[C@]2(C)[C@@H](OC(=O)CCC)CC/C(C)=C\C=C(/[C@@H](C)C(=O)OC)C(=O)[C@H]2[C@@H]1C. The van der Waals surface area contributed by atoms with Gasteiger partial charge in [0.2, 0.25) is 0 Å². The van der Waals surface area contributed by atoms with E-state index in [-0.39, 0.29) is 36.6 Å². The second-order valence-corrected chi connectivity index (χ2v) is 12.0. The summed E-state index contributed by atoms with van der Waals surface area (Å²) < 4.78 is 23.0. The van der Waals surface area contributed by atoms with Crippen LogP contribution in [-0.2, 0) is 42.9 Å². The second kappa shape index (κ2) is 16.0. The van der Waals surface area contributed by atoms with E-state index in [4.69, 9.17) is 18.9 Å². The van der Waals surface area contributed by atoms with E-state index in [2.05, 4.69) is 0 Å². The Balaban J connectivity index is 2.75. The fourth-order valence-electron chi connectivity index (χ4n) is 6.38. The van der Waals surface area contributed by atoms with Crippen LogP contribution in [0.4, 0.5) is 0 Å². The molecule has 0 aromatic carbocycles. The van der Waals surface area contributed by atoms with Gasteiger partial charge in [-0.2, -0.15) is 0 Å². The Morgan fingerprint density at radius 3 is 2.24 bits per heavy atom. The third-order valence-electron chi connectivity index (χ3n) is 8.86. The number of Topliss-reactive ketones (excluding diaryl/α,β-unsaturated/α-hetero) is 1. The van der Waals surface area contributed by atoms with Crippen molar-refractivity contribution in [1.29, 1.82) is 0 Å². The number of allylic oxidation sites excluding steroid dienone is 3. The van der Waals surface area contributed by atoms with Gasteiger partial charge in [-0.05, 0) is 39.5 Å². The molecule has 0 aromatic heterocycles. The Bertz CT molecular complexity index is 1060. The standard InChI is InChI=1S/C33H50O9/c1-9-11-12-14-29(36)41-25-19-27(40-23(6)34)33(7)26(42-28(35)13-10-2)18-16-20(3)15-17-24(21(4)32(38)39-8)31(37)30(33)22(25)5/h15,17,21-22,25-27,30H,9-14,16,18-19H2,1-8H3/b20-15-,24-17+/t21-,22-,25-,26+,27+,30-,33+/m1/s1. The minimum atomic E-state index is -1.18. The third kappa shape index (κ3) is 8.54. The van der Waals surface area contributed by atoms with Gasteiger partial charge in [-0.1, -0.05) is 58.3 Å². The van der Waals surface area contributed by atoms with Crippen molar-refractivity contribution in [2.24, 2.45) is 23.2 Å². The Morgan fingerprint density at radius 1 is 0.976 bits per heavy atom. The molecule has 0 aliphatic heterocycles. The van der Waals surface area contributed by atoms with E-state index in [0.29, 0.717) is 25.7 Å². The summed E-state index contributed by atoms with van der Waals surface area (Å²) in [6.07, 6.45) is 5.75. The zero-order chi connectivity index (χ0) is 31.6. The van der Waals surface area contributed by atoms with E-state index in [1.54, 1.807) is 13.0 Å². The van der Waals surface area contributed by atoms with E-state index in [1.165, 1.54) is 14.0 Å². The van der Waals surface area contributed by atoms with Crippen molar-refractivity contribution in [2.75, 3.05) is 7.11 Å². The summed E-state index contributed by atoms with van der Waals surface area (Å²) in [5.74, 6) is -4.57. The maximum Gasteiger partial charge on any atom is 0.312 e. The van der Waals surface area contributed by atoms with Gasteiger partial charge in [-0.3, -0.25) is 24.0 Å². The monoisotopic (exact) mass is 590 g/mol. The Kier molecular flexibility index (Phi) is 13.4. The zero-order valence-electron chi connectivity index (χ0n) is 26.7. The molecule has 2 rings (SSSR count). The summed E-state index contributed by atoms with van der Waals surface area (Å²) in [5.41, 5.74) is -0.00693. The van der Waals surface area contributed by atoms with E-state index < -0.39 is 59.4 Å². The summed E-state index contributed by atoms with van der Waals surface area (Å²) in [6.45, 7) is 12.4. The fourth-order valence-corrected chi connectivity index (χ4v) is 6.38. The fraction of sp³-hybridized carbons (Fsp3) is 0.727. The molecule has 0 aromatic rings. The highest BCUT2D eigenvalue weighted by Gasteiger charge is 2.61. The Labute approximate surface area is 250 Å². The molecule has 1 fully saturated rings. The van der Waals surface area contributed by atoms with Gasteiger partial charge in [-0.15, -0.1) is 0 Å². The van der Waals surface area contributed by atoms with Gasteiger partial charge in [0.25, 0.3) is 0 Å². The number of rotatable bonds is 11. The zero-order valence-corrected chi connectivity index (χ0v) is 26.7. The number of unbranched alkanes of at least 4 members (excludes halogenated alkanes) is 2. The van der Waals surface area contributed by atoms with Crippen molar-refractivity contribution < 1.29 is 42.9 Å². The van der Waals surface area contributed by atoms with E-state index >= 15 is 0 Å². The molecule has 236 valence electrons. The van der Waals surface area contributed by atoms with E-state index in [9.17, 15) is 24.0 Å². The molecule has 0 amide bonds. The molecule has 0 radical (unpaired) electrons. The van der Waals surface area contributed by atoms with Crippen LogP contribution in [0.15, 0.2) is 23.3 Å². The lowest BCUT2D eigenvalue weighted by Crippen LogP contribution is -2.62. The molecule has 0 unspecified atom stereocenters. The number of methoxy groups -OCH3 is 1. The third-order valence-corrected chi connectivity index (χ3v) is 8.86. The molecule has 0 heterocycles. The molecular weight excluding hydrogens is 540 g/mol. The van der Waals surface area contributed by atoms with Gasteiger partial charge in [0.1, 0.15) is 18.3 Å². The van der Waals surface area contributed by atoms with Crippen molar-refractivity contribution >= 4 is 29.7 Å². The first-order valence-electron chi connectivity index (χ1n) is 15.4. The minimum Gasteiger partial charge on any atom is -0.469 e. The predicted molar refractivity (Wildman–Crippen MR) is 157 cm³/mol. The maximum atomic E-state index is 14.7. The first kappa shape index (κ1) is 35.2. The molecule has 0 N–H and O–H groups in total. The van der Waals surface area contributed by atoms with Crippen LogP contribution in [0.5, 0.6) is 0 Å². The number of esters is 4.